The molecule has 160 valence electrons. The topological polar surface area (TPSA) is 63.7 Å². The lowest BCUT2D eigenvalue weighted by atomic mass is 9.67. The van der Waals surface area contributed by atoms with E-state index < -0.39 is 23.7 Å². The molecule has 0 radical (unpaired) electrons. The minimum Gasteiger partial charge on any atom is -0.466 e. The maximum absolute atomic E-state index is 13.5. The Morgan fingerprint density at radius 2 is 1.38 bits per heavy atom. The van der Waals surface area contributed by atoms with Crippen molar-refractivity contribution in [2.45, 2.75) is 18.8 Å². The monoisotopic (exact) mass is 425 g/mol. The van der Waals surface area contributed by atoms with Crippen molar-refractivity contribution < 1.29 is 19.1 Å². The van der Waals surface area contributed by atoms with Gasteiger partial charge in [0.25, 0.3) is 0 Å². The molecule has 1 amide bonds. The molecule has 0 spiro atoms. The quantitative estimate of drug-likeness (QED) is 0.585. The fraction of sp³-hybridized carbons (Fsp3) is 0.222. The van der Waals surface area contributed by atoms with E-state index in [0.717, 1.165) is 22.4 Å². The molecule has 0 saturated carbocycles. The number of anilines is 1. The van der Waals surface area contributed by atoms with Gasteiger partial charge in [0.2, 0.25) is 5.91 Å². The summed E-state index contributed by atoms with van der Waals surface area (Å²) in [5, 5.41) is 0. The molecule has 1 aliphatic carbocycles. The average molecular weight is 425 g/mol. The maximum atomic E-state index is 13.5. The number of amides is 1. The van der Waals surface area contributed by atoms with Gasteiger partial charge in [0.05, 0.1) is 18.4 Å². The standard InChI is InChI=1S/C27H23NO4/c1-3-32-27(31)24(23-20-14-8-9-15-21(20)28(2)26(23)30)22-16-10-4-6-12-18(16)25(29)19-13-7-5-11-17(19)22/h4-15,22-24H,3H2,1-2H3/t23-,24-/m0/s1. The number of fused-ring (bicyclic) bond motifs is 3. The van der Waals surface area contributed by atoms with E-state index in [-0.39, 0.29) is 18.3 Å². The highest BCUT2D eigenvalue weighted by atomic mass is 16.5. The molecule has 0 unspecified atom stereocenters. The molecule has 1 aliphatic heterocycles. The van der Waals surface area contributed by atoms with E-state index in [2.05, 4.69) is 0 Å². The van der Waals surface area contributed by atoms with Crippen molar-refractivity contribution in [2.75, 3.05) is 18.6 Å². The van der Waals surface area contributed by atoms with Gasteiger partial charge in [0, 0.05) is 29.8 Å². The Morgan fingerprint density at radius 1 is 0.844 bits per heavy atom. The summed E-state index contributed by atoms with van der Waals surface area (Å²) in [6.07, 6.45) is 0. The molecule has 5 rings (SSSR count). The van der Waals surface area contributed by atoms with Crippen LogP contribution in [0.5, 0.6) is 0 Å². The fourth-order valence-electron chi connectivity index (χ4n) is 5.22. The highest BCUT2D eigenvalue weighted by Gasteiger charge is 2.50. The number of ether oxygens (including phenoxy) is 1. The van der Waals surface area contributed by atoms with E-state index in [1.165, 1.54) is 0 Å². The molecule has 2 atom stereocenters. The van der Waals surface area contributed by atoms with Crippen molar-refractivity contribution >= 4 is 23.3 Å². The Morgan fingerprint density at radius 3 is 1.97 bits per heavy atom. The van der Waals surface area contributed by atoms with Crippen molar-refractivity contribution in [3.8, 4) is 0 Å². The van der Waals surface area contributed by atoms with Crippen molar-refractivity contribution in [1.29, 1.82) is 0 Å². The summed E-state index contributed by atoms with van der Waals surface area (Å²) in [7, 11) is 1.73. The Labute approximate surface area is 186 Å². The summed E-state index contributed by atoms with van der Waals surface area (Å²) in [5.74, 6) is -2.62. The largest absolute Gasteiger partial charge is 0.466 e. The van der Waals surface area contributed by atoms with E-state index >= 15 is 0 Å². The Bertz CT molecular complexity index is 1200. The second kappa shape index (κ2) is 7.75. The minimum atomic E-state index is -0.802. The number of carbonyl (C=O) groups is 3. The first-order valence-electron chi connectivity index (χ1n) is 10.8. The Kier molecular flexibility index (Phi) is 4.89. The molecule has 32 heavy (non-hydrogen) atoms. The molecule has 3 aromatic rings. The molecule has 0 saturated heterocycles. The Hall–Kier alpha value is -3.73. The van der Waals surface area contributed by atoms with E-state index in [9.17, 15) is 14.4 Å². The van der Waals surface area contributed by atoms with E-state index in [1.54, 1.807) is 31.0 Å². The Balaban J connectivity index is 1.76. The normalized spacial score (nSPS) is 18.1. The predicted octanol–water partition coefficient (Wildman–Crippen LogP) is 4.30. The summed E-state index contributed by atoms with van der Waals surface area (Å²) in [4.78, 5) is 41.8. The average Bonchev–Trinajstić information content (AvgIpc) is 3.07. The molecule has 3 aromatic carbocycles. The molecule has 5 heteroatoms. The highest BCUT2D eigenvalue weighted by molar-refractivity contribution is 6.13. The highest BCUT2D eigenvalue weighted by Crippen LogP contribution is 2.50. The number of ketones is 1. The third-order valence-electron chi connectivity index (χ3n) is 6.59. The summed E-state index contributed by atoms with van der Waals surface area (Å²) < 4.78 is 5.53. The van der Waals surface area contributed by atoms with E-state index in [1.807, 2.05) is 60.7 Å². The lowest BCUT2D eigenvalue weighted by molar-refractivity contribution is -0.151. The number of para-hydroxylation sites is 1. The van der Waals surface area contributed by atoms with Crippen LogP contribution in [0.25, 0.3) is 0 Å². The molecule has 0 bridgehead atoms. The van der Waals surface area contributed by atoms with Crippen LogP contribution in [0, 0.1) is 5.92 Å². The molecule has 0 N–H and O–H groups in total. The molecule has 2 aliphatic rings. The number of carbonyl (C=O) groups excluding carboxylic acids is 3. The number of benzene rings is 3. The van der Waals surface area contributed by atoms with Crippen molar-refractivity contribution in [3.63, 3.8) is 0 Å². The van der Waals surface area contributed by atoms with E-state index in [4.69, 9.17) is 4.74 Å². The number of nitrogens with zero attached hydrogens (tertiary/aromatic N) is 1. The van der Waals surface area contributed by atoms with Gasteiger partial charge in [-0.25, -0.2) is 0 Å². The van der Waals surface area contributed by atoms with Crippen LogP contribution < -0.4 is 4.90 Å². The molecule has 1 heterocycles. The summed E-state index contributed by atoms with van der Waals surface area (Å²) in [6, 6.07) is 22.3. The first-order valence-corrected chi connectivity index (χ1v) is 10.8. The van der Waals surface area contributed by atoms with Crippen LogP contribution in [0.3, 0.4) is 0 Å². The van der Waals surface area contributed by atoms with Gasteiger partial charge in [-0.1, -0.05) is 66.7 Å². The third-order valence-corrected chi connectivity index (χ3v) is 6.59. The number of hydrogen-bond donors (Lipinski definition) is 0. The predicted molar refractivity (Wildman–Crippen MR) is 121 cm³/mol. The van der Waals surface area contributed by atoms with Crippen LogP contribution in [-0.2, 0) is 14.3 Å². The van der Waals surface area contributed by atoms with Gasteiger partial charge in [0.1, 0.15) is 0 Å². The molecule has 5 nitrogen and oxygen atoms in total. The zero-order valence-corrected chi connectivity index (χ0v) is 17.9. The summed E-state index contributed by atoms with van der Waals surface area (Å²) in [5.41, 5.74) is 4.26. The van der Waals surface area contributed by atoms with E-state index in [0.29, 0.717) is 11.1 Å². The summed E-state index contributed by atoms with van der Waals surface area (Å²) >= 11 is 0. The van der Waals surface area contributed by atoms with Crippen LogP contribution in [0.1, 0.15) is 51.4 Å². The zero-order chi connectivity index (χ0) is 22.4. The lowest BCUT2D eigenvalue weighted by Gasteiger charge is -2.35. The van der Waals surface area contributed by atoms with Crippen molar-refractivity contribution in [3.05, 3.63) is 101 Å². The second-order valence-corrected chi connectivity index (χ2v) is 8.19. The first-order chi connectivity index (χ1) is 15.5. The van der Waals surface area contributed by atoms with Gasteiger partial charge >= 0.3 is 5.97 Å². The van der Waals surface area contributed by atoms with Gasteiger partial charge in [-0.2, -0.15) is 0 Å². The second-order valence-electron chi connectivity index (χ2n) is 8.19. The van der Waals surface area contributed by atoms with Gasteiger partial charge in [-0.15, -0.1) is 0 Å². The number of rotatable bonds is 4. The molecule has 0 fully saturated rings. The number of likely N-dealkylation sites (N-methyl/N-ethyl adjacent to an activating group) is 1. The smallest absolute Gasteiger partial charge is 0.311 e. The molecular weight excluding hydrogens is 402 g/mol. The fourth-order valence-corrected chi connectivity index (χ4v) is 5.22. The number of hydrogen-bond acceptors (Lipinski definition) is 4. The minimum absolute atomic E-state index is 0.0645. The molecule has 0 aromatic heterocycles. The SMILES string of the molecule is CCOC(=O)[C@@H](C1c2ccccc2C(=O)c2ccccc21)[C@H]1C(=O)N(C)c2ccccc21. The van der Waals surface area contributed by atoms with Gasteiger partial charge in [-0.3, -0.25) is 14.4 Å². The van der Waals surface area contributed by atoms with Gasteiger partial charge < -0.3 is 9.64 Å². The summed E-state index contributed by atoms with van der Waals surface area (Å²) in [6.45, 7) is 1.97. The van der Waals surface area contributed by atoms with Crippen LogP contribution >= 0.6 is 0 Å². The van der Waals surface area contributed by atoms with Crippen LogP contribution in [0.4, 0.5) is 5.69 Å². The van der Waals surface area contributed by atoms with Crippen LogP contribution in [-0.4, -0.2) is 31.3 Å². The molecular formula is C27H23NO4. The van der Waals surface area contributed by atoms with Crippen LogP contribution in [0.15, 0.2) is 72.8 Å². The van der Waals surface area contributed by atoms with Crippen molar-refractivity contribution in [1.82, 2.24) is 0 Å². The zero-order valence-electron chi connectivity index (χ0n) is 17.9. The van der Waals surface area contributed by atoms with Gasteiger partial charge in [-0.05, 0) is 29.7 Å². The van der Waals surface area contributed by atoms with Crippen molar-refractivity contribution in [2.24, 2.45) is 5.92 Å². The van der Waals surface area contributed by atoms with Gasteiger partial charge in [0.15, 0.2) is 5.78 Å². The van der Waals surface area contributed by atoms with Crippen LogP contribution in [0.2, 0.25) is 0 Å². The lowest BCUT2D eigenvalue weighted by Crippen LogP contribution is -2.38. The third kappa shape index (κ3) is 2.88. The number of esters is 1. The first kappa shape index (κ1) is 20.2. The maximum Gasteiger partial charge on any atom is 0.311 e.